The maximum absolute atomic E-state index is 13.8. The standard InChI is InChI=1S/C36H37ClN4O4S/c37-30-11-6-10-28(23-30)25-39-41-32-24-29(14-15-34(32)46(44,45)33-13-5-4-12-31(33)36(41)43)35(42)38-18-7-19-40-20-16-27(17-21-40)22-26-8-2-1-3-9-26/h1-6,8-15,23-24,27,39H,7,16-22,25H2,(H,38,42). The number of carbonyl (C=O) groups excluding carboxylic acids is 2. The zero-order chi connectivity index (χ0) is 32.1. The molecule has 4 aromatic carbocycles. The Morgan fingerprint density at radius 2 is 1.59 bits per heavy atom. The summed E-state index contributed by atoms with van der Waals surface area (Å²) in [6.07, 6.45) is 4.26. The minimum absolute atomic E-state index is 0.0485. The monoisotopic (exact) mass is 656 g/mol. The normalized spacial score (nSPS) is 16.4. The molecule has 1 fully saturated rings. The lowest BCUT2D eigenvalue weighted by atomic mass is 9.90. The van der Waals surface area contributed by atoms with Crippen LogP contribution in [0.4, 0.5) is 5.69 Å². The van der Waals surface area contributed by atoms with Gasteiger partial charge in [0.15, 0.2) is 0 Å². The smallest absolute Gasteiger partial charge is 0.274 e. The van der Waals surface area contributed by atoms with E-state index < -0.39 is 15.7 Å². The summed E-state index contributed by atoms with van der Waals surface area (Å²) in [6, 6.07) is 28.3. The molecule has 0 atom stereocenters. The first kappa shape index (κ1) is 31.9. The Morgan fingerprint density at radius 1 is 0.848 bits per heavy atom. The van der Waals surface area contributed by atoms with Crippen LogP contribution in [0.3, 0.4) is 0 Å². The molecule has 2 N–H and O–H groups in total. The van der Waals surface area contributed by atoms with Gasteiger partial charge in [-0.1, -0.05) is 66.2 Å². The Labute approximate surface area is 275 Å². The van der Waals surface area contributed by atoms with Gasteiger partial charge < -0.3 is 10.2 Å². The van der Waals surface area contributed by atoms with E-state index in [0.717, 1.165) is 38.0 Å². The summed E-state index contributed by atoms with van der Waals surface area (Å²) in [5, 5.41) is 4.74. The van der Waals surface area contributed by atoms with E-state index in [-0.39, 0.29) is 39.1 Å². The topological polar surface area (TPSA) is 98.8 Å². The highest BCUT2D eigenvalue weighted by Crippen LogP contribution is 2.37. The van der Waals surface area contributed by atoms with Crippen LogP contribution in [0.2, 0.25) is 5.02 Å². The number of likely N-dealkylation sites (tertiary alicyclic amines) is 1. The predicted octanol–water partition coefficient (Wildman–Crippen LogP) is 5.91. The van der Waals surface area contributed by atoms with Crippen molar-refractivity contribution in [3.05, 3.63) is 124 Å². The lowest BCUT2D eigenvalue weighted by molar-refractivity contribution is 0.0945. The van der Waals surface area contributed by atoms with E-state index in [1.807, 2.05) is 6.07 Å². The number of benzene rings is 4. The van der Waals surface area contributed by atoms with Crippen LogP contribution in [0.25, 0.3) is 0 Å². The molecule has 2 aliphatic heterocycles. The maximum atomic E-state index is 13.8. The van der Waals surface area contributed by atoms with Crippen LogP contribution in [0.5, 0.6) is 0 Å². The van der Waals surface area contributed by atoms with Crippen molar-refractivity contribution >= 4 is 38.9 Å². The first-order valence-corrected chi connectivity index (χ1v) is 17.5. The van der Waals surface area contributed by atoms with Crippen LogP contribution < -0.4 is 15.8 Å². The molecule has 0 spiro atoms. The number of nitrogens with zero attached hydrogens (tertiary/aromatic N) is 2. The number of halogens is 1. The molecule has 0 radical (unpaired) electrons. The Bertz CT molecular complexity index is 1820. The number of nitrogens with one attached hydrogen (secondary N) is 2. The minimum Gasteiger partial charge on any atom is -0.352 e. The fourth-order valence-corrected chi connectivity index (χ4v) is 8.05. The molecule has 0 saturated carbocycles. The highest BCUT2D eigenvalue weighted by Gasteiger charge is 2.36. The average molecular weight is 657 g/mol. The fraction of sp³-hybridized carbons (Fsp3) is 0.278. The lowest BCUT2D eigenvalue weighted by Gasteiger charge is -2.32. The summed E-state index contributed by atoms with van der Waals surface area (Å²) in [5.41, 5.74) is 5.69. The minimum atomic E-state index is -4.05. The van der Waals surface area contributed by atoms with Gasteiger partial charge in [0.05, 0.1) is 21.0 Å². The van der Waals surface area contributed by atoms with Crippen LogP contribution in [0.15, 0.2) is 107 Å². The second-order valence-corrected chi connectivity index (χ2v) is 14.2. The molecule has 0 aliphatic carbocycles. The zero-order valence-corrected chi connectivity index (χ0v) is 27.1. The molecule has 0 bridgehead atoms. The zero-order valence-electron chi connectivity index (χ0n) is 25.5. The molecule has 46 heavy (non-hydrogen) atoms. The van der Waals surface area contributed by atoms with Crippen LogP contribution in [-0.2, 0) is 22.8 Å². The van der Waals surface area contributed by atoms with Gasteiger partial charge in [0.2, 0.25) is 9.84 Å². The van der Waals surface area contributed by atoms with Crippen LogP contribution in [-0.4, -0.2) is 51.3 Å². The third-order valence-corrected chi connectivity index (χ3v) is 10.8. The molecule has 238 valence electrons. The van der Waals surface area contributed by atoms with Crippen LogP contribution >= 0.6 is 11.6 Å². The SMILES string of the molecule is O=C(NCCCN1CCC(Cc2ccccc2)CC1)c1ccc2c(c1)N(NCc1cccc(Cl)c1)C(=O)c1ccccc1S2(=O)=O. The van der Waals surface area contributed by atoms with Gasteiger partial charge in [-0.15, -0.1) is 0 Å². The van der Waals surface area contributed by atoms with Gasteiger partial charge >= 0.3 is 0 Å². The molecule has 8 nitrogen and oxygen atoms in total. The first-order chi connectivity index (χ1) is 22.3. The van der Waals surface area contributed by atoms with Gasteiger partial charge in [0.1, 0.15) is 0 Å². The van der Waals surface area contributed by atoms with Crippen molar-refractivity contribution in [1.29, 1.82) is 0 Å². The molecule has 10 heteroatoms. The third kappa shape index (κ3) is 7.18. The van der Waals surface area contributed by atoms with Gasteiger partial charge in [-0.3, -0.25) is 9.59 Å². The Hall–Kier alpha value is -4.02. The van der Waals surface area contributed by atoms with Crippen molar-refractivity contribution in [2.24, 2.45) is 5.92 Å². The molecule has 2 aliphatic rings. The van der Waals surface area contributed by atoms with E-state index in [4.69, 9.17) is 11.6 Å². The van der Waals surface area contributed by atoms with Crippen molar-refractivity contribution in [3.63, 3.8) is 0 Å². The second kappa shape index (κ2) is 14.2. The quantitative estimate of drug-likeness (QED) is 0.206. The number of anilines is 1. The number of hydrogen-bond acceptors (Lipinski definition) is 6. The summed E-state index contributed by atoms with van der Waals surface area (Å²) in [4.78, 5) is 29.4. The van der Waals surface area contributed by atoms with E-state index in [1.54, 1.807) is 30.3 Å². The largest absolute Gasteiger partial charge is 0.352 e. The van der Waals surface area contributed by atoms with E-state index in [1.165, 1.54) is 53.7 Å². The number of piperidine rings is 1. The van der Waals surface area contributed by atoms with E-state index >= 15 is 0 Å². The molecule has 6 rings (SSSR count). The van der Waals surface area contributed by atoms with Crippen molar-refractivity contribution in [3.8, 4) is 0 Å². The van der Waals surface area contributed by atoms with E-state index in [9.17, 15) is 18.0 Å². The van der Waals surface area contributed by atoms with E-state index in [2.05, 4.69) is 46.0 Å². The summed E-state index contributed by atoms with van der Waals surface area (Å²) in [5.74, 6) is -0.162. The number of fused-ring (bicyclic) bond motifs is 2. The van der Waals surface area contributed by atoms with Crippen molar-refractivity contribution in [2.45, 2.75) is 42.0 Å². The van der Waals surface area contributed by atoms with Crippen LogP contribution in [0.1, 0.15) is 51.1 Å². The molecule has 2 amide bonds. The van der Waals surface area contributed by atoms with Gasteiger partial charge in [-0.25, -0.2) is 18.9 Å². The molecular formula is C36H37ClN4O4S. The number of rotatable bonds is 10. The van der Waals surface area contributed by atoms with E-state index in [0.29, 0.717) is 17.5 Å². The van der Waals surface area contributed by atoms with Gasteiger partial charge in [-0.05, 0) is 105 Å². The molecule has 0 unspecified atom stereocenters. The van der Waals surface area contributed by atoms with Crippen LogP contribution in [0, 0.1) is 5.92 Å². The number of carbonyl (C=O) groups is 2. The first-order valence-electron chi connectivity index (χ1n) is 15.6. The summed E-state index contributed by atoms with van der Waals surface area (Å²) in [6.45, 7) is 3.69. The maximum Gasteiger partial charge on any atom is 0.274 e. The van der Waals surface area contributed by atoms with Crippen molar-refractivity contribution in [2.75, 3.05) is 31.2 Å². The lowest BCUT2D eigenvalue weighted by Crippen LogP contribution is -2.43. The number of hydrogen-bond donors (Lipinski definition) is 2. The highest BCUT2D eigenvalue weighted by molar-refractivity contribution is 7.91. The predicted molar refractivity (Wildman–Crippen MR) is 180 cm³/mol. The summed E-state index contributed by atoms with van der Waals surface area (Å²) in [7, 11) is -4.05. The Morgan fingerprint density at radius 3 is 2.37 bits per heavy atom. The molecule has 0 aromatic heterocycles. The highest BCUT2D eigenvalue weighted by atomic mass is 35.5. The summed E-state index contributed by atoms with van der Waals surface area (Å²) >= 11 is 6.16. The average Bonchev–Trinajstić information content (AvgIpc) is 3.14. The van der Waals surface area contributed by atoms with Crippen molar-refractivity contribution in [1.82, 2.24) is 15.6 Å². The Balaban J connectivity index is 1.12. The third-order valence-electron chi connectivity index (χ3n) is 8.70. The number of amides is 2. The van der Waals surface area contributed by atoms with Crippen molar-refractivity contribution < 1.29 is 18.0 Å². The second-order valence-electron chi connectivity index (χ2n) is 11.9. The number of hydrazine groups is 1. The number of sulfone groups is 1. The fourth-order valence-electron chi connectivity index (χ4n) is 6.23. The Kier molecular flexibility index (Phi) is 9.84. The molecule has 2 heterocycles. The molecular weight excluding hydrogens is 620 g/mol. The van der Waals surface area contributed by atoms with Gasteiger partial charge in [0, 0.05) is 23.7 Å². The molecule has 1 saturated heterocycles. The summed E-state index contributed by atoms with van der Waals surface area (Å²) < 4.78 is 27.5. The van der Waals surface area contributed by atoms with Gasteiger partial charge in [-0.2, -0.15) is 0 Å². The molecule has 4 aromatic rings. The van der Waals surface area contributed by atoms with Gasteiger partial charge in [0.25, 0.3) is 11.8 Å².